The number of benzene rings is 1. The van der Waals surface area contributed by atoms with Gasteiger partial charge in [0.25, 0.3) is 0 Å². The standard InChI is InChI=1S/C12H16N4O3S/c1-16(9-10-4-3-5-11(8-10)19-2)20(17,18)15-12-13-6-7-14-12/h3-8H,9H2,1-2H3,(H2,13,14,15). The number of rotatable bonds is 6. The molecule has 7 nitrogen and oxygen atoms in total. The van der Waals surface area contributed by atoms with Crippen LogP contribution in [0.4, 0.5) is 5.95 Å². The number of hydrogen-bond donors (Lipinski definition) is 2. The van der Waals surface area contributed by atoms with Gasteiger partial charge in [0.1, 0.15) is 5.75 Å². The van der Waals surface area contributed by atoms with Crippen LogP contribution in [0.1, 0.15) is 5.56 Å². The van der Waals surface area contributed by atoms with E-state index >= 15 is 0 Å². The molecule has 0 amide bonds. The molecule has 20 heavy (non-hydrogen) atoms. The third kappa shape index (κ3) is 3.49. The number of nitrogens with zero attached hydrogens (tertiary/aromatic N) is 2. The summed E-state index contributed by atoms with van der Waals surface area (Å²) in [5.74, 6) is 0.870. The molecular formula is C12H16N4O3S. The zero-order chi connectivity index (χ0) is 14.6. The summed E-state index contributed by atoms with van der Waals surface area (Å²) in [6.07, 6.45) is 3.01. The number of methoxy groups -OCH3 is 1. The molecule has 0 aliphatic carbocycles. The van der Waals surface area contributed by atoms with Gasteiger partial charge in [-0.1, -0.05) is 12.1 Å². The van der Waals surface area contributed by atoms with E-state index in [1.807, 2.05) is 12.1 Å². The molecular weight excluding hydrogens is 280 g/mol. The largest absolute Gasteiger partial charge is 0.497 e. The van der Waals surface area contributed by atoms with Crippen molar-refractivity contribution < 1.29 is 13.2 Å². The fraction of sp³-hybridized carbons (Fsp3) is 0.250. The molecule has 2 rings (SSSR count). The Bertz CT molecular complexity index is 655. The molecule has 0 spiro atoms. The van der Waals surface area contributed by atoms with Crippen molar-refractivity contribution in [3.8, 4) is 5.75 Å². The summed E-state index contributed by atoms with van der Waals surface area (Å²) in [6, 6.07) is 7.24. The van der Waals surface area contributed by atoms with E-state index in [9.17, 15) is 8.42 Å². The minimum Gasteiger partial charge on any atom is -0.497 e. The first-order valence-electron chi connectivity index (χ1n) is 5.87. The van der Waals surface area contributed by atoms with Crippen molar-refractivity contribution in [3.63, 3.8) is 0 Å². The Labute approximate surface area is 117 Å². The Balaban J connectivity index is 2.08. The maximum absolute atomic E-state index is 12.1. The lowest BCUT2D eigenvalue weighted by atomic mass is 10.2. The third-order valence-electron chi connectivity index (χ3n) is 2.67. The van der Waals surface area contributed by atoms with Crippen molar-refractivity contribution in [1.82, 2.24) is 14.3 Å². The van der Waals surface area contributed by atoms with E-state index in [1.54, 1.807) is 25.4 Å². The summed E-state index contributed by atoms with van der Waals surface area (Å²) in [6.45, 7) is 0.229. The molecule has 0 bridgehead atoms. The maximum atomic E-state index is 12.1. The number of anilines is 1. The van der Waals surface area contributed by atoms with Gasteiger partial charge in [-0.25, -0.2) is 9.71 Å². The number of hydrogen-bond acceptors (Lipinski definition) is 4. The lowest BCUT2D eigenvalue weighted by Crippen LogP contribution is -2.32. The zero-order valence-corrected chi connectivity index (χ0v) is 12.0. The Morgan fingerprint density at radius 1 is 1.45 bits per heavy atom. The van der Waals surface area contributed by atoms with Crippen LogP contribution < -0.4 is 9.46 Å². The Morgan fingerprint density at radius 3 is 2.90 bits per heavy atom. The van der Waals surface area contributed by atoms with E-state index in [2.05, 4.69) is 14.7 Å². The second kappa shape index (κ2) is 5.93. The van der Waals surface area contributed by atoms with Gasteiger partial charge in [-0.15, -0.1) is 0 Å². The van der Waals surface area contributed by atoms with E-state index in [0.29, 0.717) is 5.75 Å². The molecule has 2 aromatic rings. The van der Waals surface area contributed by atoms with Crippen molar-refractivity contribution >= 4 is 16.2 Å². The van der Waals surface area contributed by atoms with Gasteiger partial charge in [0.2, 0.25) is 5.95 Å². The number of aromatic amines is 1. The SMILES string of the molecule is COc1cccc(CN(C)S(=O)(=O)Nc2ncc[nH]2)c1. The van der Waals surface area contributed by atoms with Gasteiger partial charge in [0.15, 0.2) is 0 Å². The quantitative estimate of drug-likeness (QED) is 0.838. The smallest absolute Gasteiger partial charge is 0.303 e. The van der Waals surface area contributed by atoms with Crippen LogP contribution in [-0.4, -0.2) is 36.8 Å². The number of ether oxygens (including phenoxy) is 1. The molecule has 8 heteroatoms. The zero-order valence-electron chi connectivity index (χ0n) is 11.2. The van der Waals surface area contributed by atoms with Crippen molar-refractivity contribution in [3.05, 3.63) is 42.2 Å². The van der Waals surface area contributed by atoms with Gasteiger partial charge < -0.3 is 9.72 Å². The predicted molar refractivity (Wildman–Crippen MR) is 75.6 cm³/mol. The van der Waals surface area contributed by atoms with Crippen LogP contribution in [0.25, 0.3) is 0 Å². The number of imidazole rings is 1. The number of nitrogens with one attached hydrogen (secondary N) is 2. The predicted octanol–water partition coefficient (Wildman–Crippen LogP) is 1.21. The topological polar surface area (TPSA) is 87.3 Å². The summed E-state index contributed by atoms with van der Waals surface area (Å²) in [5.41, 5.74) is 0.830. The number of aromatic nitrogens is 2. The Hall–Kier alpha value is -2.06. The first-order chi connectivity index (χ1) is 9.51. The third-order valence-corrected chi connectivity index (χ3v) is 4.07. The summed E-state index contributed by atoms with van der Waals surface area (Å²) >= 11 is 0. The van der Waals surface area contributed by atoms with Crippen LogP contribution in [0.2, 0.25) is 0 Å². The normalized spacial score (nSPS) is 11.6. The molecule has 0 aliphatic rings. The van der Waals surface area contributed by atoms with Crippen LogP contribution >= 0.6 is 0 Å². The molecule has 1 aromatic carbocycles. The summed E-state index contributed by atoms with van der Waals surface area (Å²) in [7, 11) is -0.594. The van der Waals surface area contributed by atoms with Crippen LogP contribution in [0.5, 0.6) is 5.75 Å². The van der Waals surface area contributed by atoms with Crippen molar-refractivity contribution in [2.24, 2.45) is 0 Å². The lowest BCUT2D eigenvalue weighted by Gasteiger charge is -2.17. The second-order valence-electron chi connectivity index (χ2n) is 4.15. The van der Waals surface area contributed by atoms with Crippen LogP contribution in [-0.2, 0) is 16.8 Å². The Kier molecular flexibility index (Phi) is 4.26. The van der Waals surface area contributed by atoms with E-state index in [-0.39, 0.29) is 12.5 Å². The van der Waals surface area contributed by atoms with E-state index in [0.717, 1.165) is 5.56 Å². The van der Waals surface area contributed by atoms with Gasteiger partial charge in [0, 0.05) is 26.0 Å². The van der Waals surface area contributed by atoms with E-state index < -0.39 is 10.2 Å². The lowest BCUT2D eigenvalue weighted by molar-refractivity contribution is 0.412. The molecule has 0 saturated carbocycles. The van der Waals surface area contributed by atoms with Gasteiger partial charge >= 0.3 is 10.2 Å². The van der Waals surface area contributed by atoms with Gasteiger partial charge in [-0.2, -0.15) is 12.7 Å². The molecule has 0 fully saturated rings. The average molecular weight is 296 g/mol. The summed E-state index contributed by atoms with van der Waals surface area (Å²) in [4.78, 5) is 6.51. The first-order valence-corrected chi connectivity index (χ1v) is 7.31. The van der Waals surface area contributed by atoms with E-state index in [1.165, 1.54) is 17.5 Å². The molecule has 0 aliphatic heterocycles. The molecule has 0 saturated heterocycles. The highest BCUT2D eigenvalue weighted by Crippen LogP contribution is 2.15. The van der Waals surface area contributed by atoms with Gasteiger partial charge in [0.05, 0.1) is 7.11 Å². The molecule has 108 valence electrons. The molecule has 2 N–H and O–H groups in total. The van der Waals surface area contributed by atoms with Gasteiger partial charge in [-0.05, 0) is 17.7 Å². The van der Waals surface area contributed by atoms with Crippen LogP contribution in [0.3, 0.4) is 0 Å². The Morgan fingerprint density at radius 2 is 2.25 bits per heavy atom. The van der Waals surface area contributed by atoms with Crippen LogP contribution in [0, 0.1) is 0 Å². The molecule has 1 aromatic heterocycles. The van der Waals surface area contributed by atoms with Crippen molar-refractivity contribution in [1.29, 1.82) is 0 Å². The highest BCUT2D eigenvalue weighted by atomic mass is 32.2. The average Bonchev–Trinajstić information content (AvgIpc) is 2.91. The minimum atomic E-state index is -3.65. The summed E-state index contributed by atoms with van der Waals surface area (Å²) < 4.78 is 32.8. The molecule has 0 unspecified atom stereocenters. The van der Waals surface area contributed by atoms with Crippen LogP contribution in [0.15, 0.2) is 36.7 Å². The number of H-pyrrole nitrogens is 1. The molecule has 1 heterocycles. The van der Waals surface area contributed by atoms with Gasteiger partial charge in [-0.3, -0.25) is 0 Å². The van der Waals surface area contributed by atoms with Crippen molar-refractivity contribution in [2.45, 2.75) is 6.54 Å². The monoisotopic (exact) mass is 296 g/mol. The maximum Gasteiger partial charge on any atom is 0.303 e. The van der Waals surface area contributed by atoms with E-state index in [4.69, 9.17) is 4.74 Å². The molecule has 0 radical (unpaired) electrons. The summed E-state index contributed by atoms with van der Waals surface area (Å²) in [5, 5.41) is 0. The second-order valence-corrected chi connectivity index (χ2v) is 5.93. The highest BCUT2D eigenvalue weighted by molar-refractivity contribution is 7.90. The molecule has 0 atom stereocenters. The first kappa shape index (κ1) is 14.4. The fourth-order valence-corrected chi connectivity index (χ4v) is 2.46. The van der Waals surface area contributed by atoms with Crippen molar-refractivity contribution in [2.75, 3.05) is 18.9 Å². The fourth-order valence-electron chi connectivity index (χ4n) is 1.63. The highest BCUT2D eigenvalue weighted by Gasteiger charge is 2.18. The minimum absolute atomic E-state index is 0.183.